The van der Waals surface area contributed by atoms with Gasteiger partial charge in [0.25, 0.3) is 0 Å². The molecular weight excluding hydrogens is 365 g/mol. The van der Waals surface area contributed by atoms with Crippen molar-refractivity contribution in [2.75, 3.05) is 5.75 Å². The molecule has 0 amide bonds. The van der Waals surface area contributed by atoms with Crippen molar-refractivity contribution in [1.29, 1.82) is 0 Å². The molecule has 0 radical (unpaired) electrons. The normalized spacial score (nSPS) is 23.9. The Balaban J connectivity index is 1.73. The molecule has 2 unspecified atom stereocenters. The lowest BCUT2D eigenvalue weighted by Crippen LogP contribution is -2.23. The van der Waals surface area contributed by atoms with Crippen molar-refractivity contribution in [1.82, 2.24) is 9.55 Å². The Morgan fingerprint density at radius 3 is 2.60 bits per heavy atom. The smallest absolute Gasteiger partial charge is 0.337 e. The third kappa shape index (κ3) is 4.76. The molecule has 0 N–H and O–H groups in total. The molecule has 0 aliphatic carbocycles. The van der Waals surface area contributed by atoms with E-state index in [4.69, 9.17) is 0 Å². The van der Waals surface area contributed by atoms with E-state index in [0.717, 1.165) is 37.1 Å². The van der Waals surface area contributed by atoms with E-state index < -0.39 is 11.7 Å². The molecule has 2 nitrogen and oxygen atoms in total. The molecule has 0 bridgehead atoms. The summed E-state index contributed by atoms with van der Waals surface area (Å²) in [5.41, 5.74) is 0.386. The third-order valence-electron chi connectivity index (χ3n) is 4.43. The van der Waals surface area contributed by atoms with Crippen LogP contribution < -0.4 is 0 Å². The predicted octanol–water partition coefficient (Wildman–Crippen LogP) is 5.49. The van der Waals surface area contributed by atoms with Gasteiger partial charge in [0, 0.05) is 29.9 Å². The summed E-state index contributed by atoms with van der Waals surface area (Å²) in [6.07, 6.45) is 4.13. The van der Waals surface area contributed by atoms with Crippen LogP contribution in [0.2, 0.25) is 0 Å². The third-order valence-corrected chi connectivity index (χ3v) is 8.34. The van der Waals surface area contributed by atoms with Crippen LogP contribution in [0.25, 0.3) is 0 Å². The predicted molar refractivity (Wildman–Crippen MR) is 98.9 cm³/mol. The van der Waals surface area contributed by atoms with Gasteiger partial charge in [-0.1, -0.05) is 19.1 Å². The second-order valence-corrected chi connectivity index (χ2v) is 9.64. The number of rotatable bonds is 6. The first-order valence-corrected chi connectivity index (χ1v) is 10.2. The number of nitrogens with zero attached hydrogens (tertiary/aromatic N) is 2. The fraction of sp³-hybridized carbons (Fsp3) is 0.500. The summed E-state index contributed by atoms with van der Waals surface area (Å²) in [5, 5.41) is 0.613. The van der Waals surface area contributed by atoms with E-state index in [0.29, 0.717) is 5.25 Å². The quantitative estimate of drug-likeness (QED) is 0.654. The second-order valence-electron chi connectivity index (χ2n) is 6.29. The average Bonchev–Trinajstić information content (AvgIpc) is 3.23. The van der Waals surface area contributed by atoms with Gasteiger partial charge in [0.1, 0.15) is 0 Å². The zero-order chi connectivity index (χ0) is 17.9. The van der Waals surface area contributed by atoms with Crippen molar-refractivity contribution in [3.63, 3.8) is 0 Å². The minimum Gasteiger partial charge on any atom is -0.337 e. The average molecular weight is 387 g/mol. The van der Waals surface area contributed by atoms with Crippen molar-refractivity contribution in [3.8, 4) is 0 Å². The maximum Gasteiger partial charge on any atom is 0.416 e. The van der Waals surface area contributed by atoms with Gasteiger partial charge in [0.05, 0.1) is 16.0 Å². The van der Waals surface area contributed by atoms with E-state index in [2.05, 4.69) is 16.5 Å². The summed E-state index contributed by atoms with van der Waals surface area (Å²) in [5.74, 6) is 1.10. The van der Waals surface area contributed by atoms with Crippen molar-refractivity contribution < 1.29 is 13.2 Å². The van der Waals surface area contributed by atoms with Gasteiger partial charge in [0.2, 0.25) is 0 Å². The summed E-state index contributed by atoms with van der Waals surface area (Å²) < 4.78 is 40.4. The Labute approximate surface area is 154 Å². The number of imidazole rings is 1. The summed E-state index contributed by atoms with van der Waals surface area (Å²) in [6.45, 7) is 3.07. The summed E-state index contributed by atoms with van der Waals surface area (Å²) in [6, 6.07) is 5.64. The van der Waals surface area contributed by atoms with Gasteiger partial charge in [-0.05, 0) is 37.0 Å². The van der Waals surface area contributed by atoms with Gasteiger partial charge in [-0.25, -0.2) is 4.98 Å². The number of aryl methyl sites for hydroxylation is 1. The number of hydrogen-bond donors (Lipinski definition) is 0. The van der Waals surface area contributed by atoms with Gasteiger partial charge in [-0.3, -0.25) is 0 Å². The zero-order valence-corrected chi connectivity index (χ0v) is 15.6. The van der Waals surface area contributed by atoms with Crippen molar-refractivity contribution in [2.24, 2.45) is 0 Å². The van der Waals surface area contributed by atoms with Crippen LogP contribution in [0.4, 0.5) is 13.2 Å². The lowest BCUT2D eigenvalue weighted by atomic mass is 10.0. The minimum absolute atomic E-state index is 0.0185. The number of thioether (sulfide) groups is 2. The van der Waals surface area contributed by atoms with Gasteiger partial charge in [0.15, 0.2) is 0 Å². The Morgan fingerprint density at radius 1 is 1.28 bits per heavy atom. The number of halogens is 3. The second kappa shape index (κ2) is 7.66. The molecule has 2 atom stereocenters. The van der Waals surface area contributed by atoms with E-state index in [9.17, 15) is 13.2 Å². The van der Waals surface area contributed by atoms with Crippen molar-refractivity contribution >= 4 is 23.5 Å². The Hall–Kier alpha value is -1.08. The van der Waals surface area contributed by atoms with Crippen LogP contribution in [0, 0.1) is 0 Å². The van der Waals surface area contributed by atoms with Crippen LogP contribution in [0.15, 0.2) is 43.0 Å². The molecule has 1 aromatic heterocycles. The van der Waals surface area contributed by atoms with Crippen LogP contribution in [-0.2, 0) is 19.1 Å². The van der Waals surface area contributed by atoms with E-state index in [1.807, 2.05) is 36.0 Å². The fourth-order valence-electron chi connectivity index (χ4n) is 2.97. The number of alkyl halides is 3. The molecule has 7 heteroatoms. The maximum atomic E-state index is 12.8. The zero-order valence-electron chi connectivity index (χ0n) is 14.0. The van der Waals surface area contributed by atoms with Crippen molar-refractivity contribution in [3.05, 3.63) is 54.1 Å². The molecule has 3 rings (SSSR count). The minimum atomic E-state index is -4.28. The maximum absolute atomic E-state index is 12.8. The number of benzene rings is 1. The van der Waals surface area contributed by atoms with Crippen molar-refractivity contribution in [2.45, 2.75) is 48.2 Å². The lowest BCUT2D eigenvalue weighted by molar-refractivity contribution is -0.137. The summed E-state index contributed by atoms with van der Waals surface area (Å²) >= 11 is 3.95. The van der Waals surface area contributed by atoms with Gasteiger partial charge in [-0.2, -0.15) is 13.2 Å². The summed E-state index contributed by atoms with van der Waals surface area (Å²) in [7, 11) is 0. The molecule has 136 valence electrons. The highest BCUT2D eigenvalue weighted by Crippen LogP contribution is 2.53. The van der Waals surface area contributed by atoms with E-state index in [-0.39, 0.29) is 4.08 Å². The first-order valence-electron chi connectivity index (χ1n) is 8.34. The Morgan fingerprint density at radius 2 is 2.04 bits per heavy atom. The molecule has 25 heavy (non-hydrogen) atoms. The van der Waals surface area contributed by atoms with Gasteiger partial charge in [-0.15, -0.1) is 23.5 Å². The molecule has 1 aliphatic rings. The first kappa shape index (κ1) is 18.7. The highest BCUT2D eigenvalue weighted by Gasteiger charge is 2.40. The fourth-order valence-corrected chi connectivity index (χ4v) is 6.79. The van der Waals surface area contributed by atoms with Crippen LogP contribution in [-0.4, -0.2) is 24.6 Å². The lowest BCUT2D eigenvalue weighted by Gasteiger charge is -2.28. The van der Waals surface area contributed by atoms with E-state index in [1.165, 1.54) is 12.1 Å². The largest absolute Gasteiger partial charge is 0.416 e. The van der Waals surface area contributed by atoms with Gasteiger partial charge >= 0.3 is 6.18 Å². The molecule has 0 saturated carbocycles. The topological polar surface area (TPSA) is 17.8 Å². The molecule has 1 aliphatic heterocycles. The Bertz CT molecular complexity index is 671. The van der Waals surface area contributed by atoms with Crippen LogP contribution in [0.1, 0.15) is 30.9 Å². The molecule has 2 aromatic rings. The standard InChI is InChI=1S/C18H21F3N2S2/c1-2-16-12-24-17(25-16,7-9-23-10-8-22-13-23)11-14-3-5-15(6-4-14)18(19,20)21/h3-6,8,10,13,16H,2,7,9,11-12H2,1H3. The van der Waals surface area contributed by atoms with Crippen LogP contribution in [0.5, 0.6) is 0 Å². The monoisotopic (exact) mass is 386 g/mol. The Kier molecular flexibility index (Phi) is 5.73. The number of hydrogen-bond acceptors (Lipinski definition) is 3. The molecule has 1 saturated heterocycles. The molecule has 1 fully saturated rings. The van der Waals surface area contributed by atoms with E-state index >= 15 is 0 Å². The molecule has 1 aromatic carbocycles. The van der Waals surface area contributed by atoms with Gasteiger partial charge < -0.3 is 4.57 Å². The SMILES string of the molecule is CCC1CSC(CCn2ccnc2)(Cc2ccc(C(F)(F)F)cc2)S1. The number of aromatic nitrogens is 2. The molecular formula is C18H21F3N2S2. The van der Waals surface area contributed by atoms with E-state index in [1.54, 1.807) is 18.3 Å². The highest BCUT2D eigenvalue weighted by molar-refractivity contribution is 8.21. The van der Waals surface area contributed by atoms with Crippen LogP contribution >= 0.6 is 23.5 Å². The summed E-state index contributed by atoms with van der Waals surface area (Å²) in [4.78, 5) is 4.08. The first-order chi connectivity index (χ1) is 11.9. The molecule has 2 heterocycles. The molecule has 0 spiro atoms. The highest BCUT2D eigenvalue weighted by atomic mass is 32.2. The van der Waals surface area contributed by atoms with Crippen LogP contribution in [0.3, 0.4) is 0 Å².